The normalized spacial score (nSPS) is 11.9. The fraction of sp³-hybridized carbons (Fsp3) is 0.257. The summed E-state index contributed by atoms with van der Waals surface area (Å²) < 4.78 is 43.0. The van der Waals surface area contributed by atoms with Gasteiger partial charge in [0.15, 0.2) is 0 Å². The lowest BCUT2D eigenvalue weighted by atomic mass is 10.0. The summed E-state index contributed by atoms with van der Waals surface area (Å²) >= 11 is 0. The average Bonchev–Trinajstić information content (AvgIpc) is 3.02. The predicted molar refractivity (Wildman–Crippen MR) is 171 cm³/mol. The molecule has 0 aliphatic heterocycles. The summed E-state index contributed by atoms with van der Waals surface area (Å²) in [5.74, 6) is -1.35. The van der Waals surface area contributed by atoms with Crippen LogP contribution in [0.2, 0.25) is 0 Å². The van der Waals surface area contributed by atoms with Crippen LogP contribution in [0.15, 0.2) is 108 Å². The van der Waals surface area contributed by atoms with E-state index in [9.17, 15) is 22.4 Å². The second-order valence-corrected chi connectivity index (χ2v) is 12.7. The van der Waals surface area contributed by atoms with Crippen LogP contribution in [0.3, 0.4) is 0 Å². The van der Waals surface area contributed by atoms with Crippen molar-refractivity contribution < 1.29 is 22.4 Å². The summed E-state index contributed by atoms with van der Waals surface area (Å²) in [6, 6.07) is 27.4. The zero-order valence-electron chi connectivity index (χ0n) is 25.2. The van der Waals surface area contributed by atoms with E-state index >= 15 is 0 Å². The smallest absolute Gasteiger partial charge is 0.264 e. The molecule has 0 spiro atoms. The Labute approximate surface area is 259 Å². The number of nitrogens with one attached hydrogen (secondary N) is 1. The molecule has 4 aromatic carbocycles. The molecule has 0 aliphatic rings. The first kappa shape index (κ1) is 32.4. The van der Waals surface area contributed by atoms with Crippen LogP contribution in [-0.4, -0.2) is 44.3 Å². The molecule has 0 saturated carbocycles. The van der Waals surface area contributed by atoms with Gasteiger partial charge in [-0.3, -0.25) is 13.9 Å². The van der Waals surface area contributed by atoms with Crippen molar-refractivity contribution in [3.05, 3.63) is 131 Å². The highest BCUT2D eigenvalue weighted by Gasteiger charge is 2.34. The van der Waals surface area contributed by atoms with Gasteiger partial charge in [-0.2, -0.15) is 0 Å². The van der Waals surface area contributed by atoms with Gasteiger partial charge in [0, 0.05) is 19.5 Å². The molecule has 1 unspecified atom stereocenters. The van der Waals surface area contributed by atoms with Gasteiger partial charge in [-0.1, -0.05) is 84.8 Å². The highest BCUT2D eigenvalue weighted by Crippen LogP contribution is 2.26. The largest absolute Gasteiger partial charge is 0.354 e. The number of carbonyl (C=O) groups excluding carboxylic acids is 2. The van der Waals surface area contributed by atoms with Crippen LogP contribution in [0.1, 0.15) is 35.6 Å². The number of amides is 2. The van der Waals surface area contributed by atoms with Crippen LogP contribution in [0.4, 0.5) is 10.1 Å². The molecule has 0 radical (unpaired) electrons. The van der Waals surface area contributed by atoms with Gasteiger partial charge < -0.3 is 10.2 Å². The first-order valence-electron chi connectivity index (χ1n) is 14.6. The Hall–Kier alpha value is -4.50. The van der Waals surface area contributed by atoms with Crippen molar-refractivity contribution in [1.29, 1.82) is 0 Å². The molecule has 4 rings (SSSR count). The molecule has 0 aromatic heterocycles. The minimum atomic E-state index is -4.17. The number of anilines is 1. The Morgan fingerprint density at radius 3 is 1.98 bits per heavy atom. The van der Waals surface area contributed by atoms with E-state index in [-0.39, 0.29) is 23.8 Å². The van der Waals surface area contributed by atoms with Gasteiger partial charge in [0.1, 0.15) is 18.4 Å². The summed E-state index contributed by atoms with van der Waals surface area (Å²) in [5.41, 5.74) is 3.59. The molecule has 1 N–H and O–H groups in total. The van der Waals surface area contributed by atoms with E-state index in [1.807, 2.05) is 51.1 Å². The number of aryl methyl sites for hydroxylation is 2. The maximum atomic E-state index is 14.4. The quantitative estimate of drug-likeness (QED) is 0.206. The number of benzene rings is 4. The lowest BCUT2D eigenvalue weighted by Crippen LogP contribution is -2.53. The van der Waals surface area contributed by atoms with Crippen LogP contribution < -0.4 is 9.62 Å². The first-order valence-corrected chi connectivity index (χ1v) is 16.0. The Balaban J connectivity index is 1.78. The van der Waals surface area contributed by atoms with Gasteiger partial charge in [0.05, 0.1) is 10.6 Å². The number of halogens is 1. The molecule has 230 valence electrons. The van der Waals surface area contributed by atoms with Crippen molar-refractivity contribution in [2.24, 2.45) is 0 Å². The van der Waals surface area contributed by atoms with Gasteiger partial charge in [0.2, 0.25) is 11.8 Å². The fourth-order valence-electron chi connectivity index (χ4n) is 4.78. The predicted octanol–water partition coefficient (Wildman–Crippen LogP) is 5.80. The second-order valence-electron chi connectivity index (χ2n) is 10.8. The maximum absolute atomic E-state index is 14.4. The lowest BCUT2D eigenvalue weighted by Gasteiger charge is -2.34. The molecule has 1 atom stereocenters. The zero-order valence-corrected chi connectivity index (χ0v) is 26.1. The Morgan fingerprint density at radius 1 is 0.795 bits per heavy atom. The Kier molecular flexibility index (Phi) is 10.9. The van der Waals surface area contributed by atoms with E-state index in [1.165, 1.54) is 29.2 Å². The molecule has 9 heteroatoms. The SMILES string of the molecule is CCCNC(=O)C(Cc1ccccc1)N(Cc1ccc(F)cc1)C(=O)CN(c1ccc(C)cc1)S(=O)(=O)c1ccc(C)cc1. The van der Waals surface area contributed by atoms with E-state index < -0.39 is 34.3 Å². The van der Waals surface area contributed by atoms with Gasteiger partial charge in [0.25, 0.3) is 10.0 Å². The molecule has 4 aromatic rings. The summed E-state index contributed by atoms with van der Waals surface area (Å²) in [6.45, 7) is 5.53. The lowest BCUT2D eigenvalue weighted by molar-refractivity contribution is -0.140. The zero-order chi connectivity index (χ0) is 31.7. The van der Waals surface area contributed by atoms with E-state index in [0.29, 0.717) is 24.2 Å². The molecule has 2 amide bonds. The fourth-order valence-corrected chi connectivity index (χ4v) is 6.20. The highest BCUT2D eigenvalue weighted by molar-refractivity contribution is 7.92. The monoisotopic (exact) mass is 615 g/mol. The van der Waals surface area contributed by atoms with Crippen molar-refractivity contribution in [3.63, 3.8) is 0 Å². The summed E-state index contributed by atoms with van der Waals surface area (Å²) in [6.07, 6.45) is 0.907. The summed E-state index contributed by atoms with van der Waals surface area (Å²) in [7, 11) is -4.17. The maximum Gasteiger partial charge on any atom is 0.264 e. The number of carbonyl (C=O) groups is 2. The third kappa shape index (κ3) is 8.32. The average molecular weight is 616 g/mol. The third-order valence-electron chi connectivity index (χ3n) is 7.30. The Bertz CT molecular complexity index is 1640. The van der Waals surface area contributed by atoms with Gasteiger partial charge in [-0.15, -0.1) is 0 Å². The topological polar surface area (TPSA) is 86.8 Å². The van der Waals surface area contributed by atoms with E-state index in [1.54, 1.807) is 48.5 Å². The minimum Gasteiger partial charge on any atom is -0.354 e. The summed E-state index contributed by atoms with van der Waals surface area (Å²) in [5, 5.41) is 2.91. The van der Waals surface area contributed by atoms with Crippen molar-refractivity contribution in [2.45, 2.75) is 51.1 Å². The molecule has 0 heterocycles. The number of hydrogen-bond donors (Lipinski definition) is 1. The molecule has 7 nitrogen and oxygen atoms in total. The molecule has 0 bridgehead atoms. The van der Waals surface area contributed by atoms with Crippen LogP contribution in [0, 0.1) is 19.7 Å². The number of sulfonamides is 1. The summed E-state index contributed by atoms with van der Waals surface area (Å²) in [4.78, 5) is 29.5. The van der Waals surface area contributed by atoms with Gasteiger partial charge in [-0.05, 0) is 67.8 Å². The standard InChI is InChI=1S/C35H38FN3O4S/c1-4-22-37-35(41)33(23-28-8-6-5-7-9-28)38(24-29-14-16-30(36)17-15-29)34(40)25-39(31-18-10-26(2)11-19-31)44(42,43)32-20-12-27(3)13-21-32/h5-21,33H,4,22-25H2,1-3H3,(H,37,41). The molecule has 0 saturated heterocycles. The minimum absolute atomic E-state index is 0.0253. The second kappa shape index (κ2) is 14.8. The number of hydrogen-bond acceptors (Lipinski definition) is 4. The highest BCUT2D eigenvalue weighted by atomic mass is 32.2. The van der Waals surface area contributed by atoms with Gasteiger partial charge in [-0.25, -0.2) is 12.8 Å². The van der Waals surface area contributed by atoms with E-state index in [4.69, 9.17) is 0 Å². The van der Waals surface area contributed by atoms with Crippen LogP contribution in [0.5, 0.6) is 0 Å². The number of nitrogens with zero attached hydrogens (tertiary/aromatic N) is 2. The van der Waals surface area contributed by atoms with Crippen molar-refractivity contribution in [2.75, 3.05) is 17.4 Å². The molecular formula is C35H38FN3O4S. The number of rotatable bonds is 13. The van der Waals surface area contributed by atoms with Crippen LogP contribution in [-0.2, 0) is 32.6 Å². The molecular weight excluding hydrogens is 577 g/mol. The Morgan fingerprint density at radius 2 is 1.39 bits per heavy atom. The van der Waals surface area contributed by atoms with Crippen LogP contribution >= 0.6 is 0 Å². The van der Waals surface area contributed by atoms with E-state index in [0.717, 1.165) is 21.0 Å². The van der Waals surface area contributed by atoms with Crippen molar-refractivity contribution in [3.8, 4) is 0 Å². The molecule has 0 aliphatic carbocycles. The van der Waals surface area contributed by atoms with E-state index in [2.05, 4.69) is 5.32 Å². The van der Waals surface area contributed by atoms with Crippen molar-refractivity contribution >= 4 is 27.5 Å². The van der Waals surface area contributed by atoms with Crippen molar-refractivity contribution in [1.82, 2.24) is 10.2 Å². The molecule has 44 heavy (non-hydrogen) atoms. The third-order valence-corrected chi connectivity index (χ3v) is 9.08. The van der Waals surface area contributed by atoms with Crippen LogP contribution in [0.25, 0.3) is 0 Å². The molecule has 0 fully saturated rings. The first-order chi connectivity index (χ1) is 21.1. The van der Waals surface area contributed by atoms with Gasteiger partial charge >= 0.3 is 0 Å².